The monoisotopic (exact) mass is 315 g/mol. The minimum absolute atomic E-state index is 0.322. The van der Waals surface area contributed by atoms with Crippen molar-refractivity contribution in [2.75, 3.05) is 19.7 Å². The number of nitrogens with one attached hydrogen (secondary N) is 1. The summed E-state index contributed by atoms with van der Waals surface area (Å²) < 4.78 is 6.51. The highest BCUT2D eigenvalue weighted by Gasteiger charge is 2.04. The van der Waals surface area contributed by atoms with Crippen LogP contribution in [0.4, 0.5) is 0 Å². The fourth-order valence-corrected chi connectivity index (χ4v) is 1.82. The molecule has 0 aliphatic rings. The van der Waals surface area contributed by atoms with E-state index in [2.05, 4.69) is 28.2 Å². The average Bonchev–Trinajstić information content (AvgIpc) is 2.38. The van der Waals surface area contributed by atoms with Gasteiger partial charge < -0.3 is 15.2 Å². The highest BCUT2D eigenvalue weighted by molar-refractivity contribution is 9.10. The molecule has 1 rings (SSSR count). The third-order valence-corrected chi connectivity index (χ3v) is 3.12. The van der Waals surface area contributed by atoms with Gasteiger partial charge in [0, 0.05) is 11.0 Å². The van der Waals surface area contributed by atoms with Gasteiger partial charge in [-0.3, -0.25) is 0 Å². The number of hydrogen-bond acceptors (Lipinski definition) is 3. The third kappa shape index (κ3) is 6.99. The molecule has 0 fully saturated rings. The zero-order chi connectivity index (χ0) is 13.2. The van der Waals surface area contributed by atoms with Crippen LogP contribution in [0.25, 0.3) is 0 Å². The molecule has 0 radical (unpaired) electrons. The Kier molecular flexibility index (Phi) is 8.05. The number of aliphatic hydroxyl groups excluding tert-OH is 1. The molecule has 2 N–H and O–H groups in total. The Bertz CT molecular complexity index is 316. The molecule has 0 saturated carbocycles. The molecule has 102 valence electrons. The Labute approximate surface area is 118 Å². The number of halogens is 1. The van der Waals surface area contributed by atoms with Crippen molar-refractivity contribution in [1.82, 2.24) is 5.32 Å². The van der Waals surface area contributed by atoms with Crippen LogP contribution in [0.1, 0.15) is 26.2 Å². The first kappa shape index (κ1) is 15.5. The molecule has 0 aliphatic heterocycles. The van der Waals surface area contributed by atoms with Gasteiger partial charge in [0.2, 0.25) is 0 Å². The highest BCUT2D eigenvalue weighted by Crippen LogP contribution is 2.16. The predicted octanol–water partition coefficient (Wildman–Crippen LogP) is 2.97. The van der Waals surface area contributed by atoms with Gasteiger partial charge in [0.25, 0.3) is 0 Å². The summed E-state index contributed by atoms with van der Waals surface area (Å²) in [5.74, 6) is 0.781. The smallest absolute Gasteiger partial charge is 0.119 e. The quantitative estimate of drug-likeness (QED) is 0.688. The molecule has 0 spiro atoms. The highest BCUT2D eigenvalue weighted by atomic mass is 79.9. The van der Waals surface area contributed by atoms with E-state index in [9.17, 15) is 5.11 Å². The fraction of sp³-hybridized carbons (Fsp3) is 0.571. The molecule has 0 bridgehead atoms. The van der Waals surface area contributed by atoms with Gasteiger partial charge in [-0.25, -0.2) is 0 Å². The van der Waals surface area contributed by atoms with E-state index in [0.29, 0.717) is 13.2 Å². The van der Waals surface area contributed by atoms with Gasteiger partial charge >= 0.3 is 0 Å². The first-order chi connectivity index (χ1) is 8.72. The molecule has 4 heteroatoms. The van der Waals surface area contributed by atoms with Crippen molar-refractivity contribution in [2.24, 2.45) is 0 Å². The van der Waals surface area contributed by atoms with Crippen LogP contribution in [-0.2, 0) is 0 Å². The largest absolute Gasteiger partial charge is 0.491 e. The first-order valence-corrected chi connectivity index (χ1v) is 7.29. The molecule has 0 amide bonds. The Balaban J connectivity index is 2.09. The minimum Gasteiger partial charge on any atom is -0.491 e. The minimum atomic E-state index is -0.463. The summed E-state index contributed by atoms with van der Waals surface area (Å²) in [6, 6.07) is 7.60. The van der Waals surface area contributed by atoms with Gasteiger partial charge in [-0.15, -0.1) is 0 Å². The Morgan fingerprint density at radius 2 is 2.00 bits per heavy atom. The van der Waals surface area contributed by atoms with Gasteiger partial charge in [-0.1, -0.05) is 35.7 Å². The van der Waals surface area contributed by atoms with Gasteiger partial charge in [0.1, 0.15) is 18.5 Å². The van der Waals surface area contributed by atoms with Gasteiger partial charge in [0.15, 0.2) is 0 Å². The summed E-state index contributed by atoms with van der Waals surface area (Å²) in [5.41, 5.74) is 0. The molecule has 0 aromatic heterocycles. The van der Waals surface area contributed by atoms with Crippen molar-refractivity contribution >= 4 is 15.9 Å². The van der Waals surface area contributed by atoms with E-state index in [4.69, 9.17) is 4.74 Å². The van der Waals surface area contributed by atoms with E-state index >= 15 is 0 Å². The molecule has 1 unspecified atom stereocenters. The second-order valence-corrected chi connectivity index (χ2v) is 5.25. The van der Waals surface area contributed by atoms with E-state index in [1.807, 2.05) is 24.3 Å². The van der Waals surface area contributed by atoms with Crippen molar-refractivity contribution in [1.29, 1.82) is 0 Å². The number of aliphatic hydroxyl groups is 1. The van der Waals surface area contributed by atoms with Crippen molar-refractivity contribution in [3.63, 3.8) is 0 Å². The lowest BCUT2D eigenvalue weighted by atomic mass is 10.2. The molecule has 0 saturated heterocycles. The second kappa shape index (κ2) is 9.36. The number of benzene rings is 1. The van der Waals surface area contributed by atoms with Crippen LogP contribution in [0.15, 0.2) is 28.7 Å². The van der Waals surface area contributed by atoms with E-state index < -0.39 is 6.10 Å². The number of unbranched alkanes of at least 4 members (excludes halogenated alkanes) is 2. The second-order valence-electron chi connectivity index (χ2n) is 4.33. The normalized spacial score (nSPS) is 12.4. The number of rotatable bonds is 9. The predicted molar refractivity (Wildman–Crippen MR) is 78.0 cm³/mol. The van der Waals surface area contributed by atoms with Crippen LogP contribution < -0.4 is 10.1 Å². The molecule has 1 aromatic carbocycles. The summed E-state index contributed by atoms with van der Waals surface area (Å²) in [5, 5.41) is 13.0. The lowest BCUT2D eigenvalue weighted by molar-refractivity contribution is 0.106. The third-order valence-electron chi connectivity index (χ3n) is 2.59. The number of hydrogen-bond donors (Lipinski definition) is 2. The summed E-state index contributed by atoms with van der Waals surface area (Å²) in [6.45, 7) is 4.05. The molecule has 1 atom stereocenters. The van der Waals surface area contributed by atoms with Crippen molar-refractivity contribution < 1.29 is 9.84 Å². The summed E-state index contributed by atoms with van der Waals surface area (Å²) in [4.78, 5) is 0. The van der Waals surface area contributed by atoms with Crippen molar-refractivity contribution in [3.05, 3.63) is 28.7 Å². The zero-order valence-electron chi connectivity index (χ0n) is 10.9. The fourth-order valence-electron chi connectivity index (χ4n) is 1.55. The van der Waals surface area contributed by atoms with Gasteiger partial charge in [-0.05, 0) is 37.2 Å². The molecular formula is C14H22BrNO2. The van der Waals surface area contributed by atoms with Crippen molar-refractivity contribution in [3.8, 4) is 5.75 Å². The maximum absolute atomic E-state index is 9.72. The van der Waals surface area contributed by atoms with Crippen LogP contribution in [0, 0.1) is 0 Å². The van der Waals surface area contributed by atoms with Crippen LogP contribution in [0.2, 0.25) is 0 Å². The van der Waals surface area contributed by atoms with Crippen LogP contribution >= 0.6 is 15.9 Å². The lowest BCUT2D eigenvalue weighted by Crippen LogP contribution is -2.31. The van der Waals surface area contributed by atoms with E-state index in [1.54, 1.807) is 0 Å². The summed E-state index contributed by atoms with van der Waals surface area (Å²) >= 11 is 3.37. The summed E-state index contributed by atoms with van der Waals surface area (Å²) in [6.07, 6.45) is 3.15. The molecule has 18 heavy (non-hydrogen) atoms. The van der Waals surface area contributed by atoms with E-state index in [1.165, 1.54) is 12.8 Å². The molecular weight excluding hydrogens is 294 g/mol. The molecule has 1 aromatic rings. The van der Waals surface area contributed by atoms with Crippen molar-refractivity contribution in [2.45, 2.75) is 32.3 Å². The van der Waals surface area contributed by atoms with Crippen LogP contribution in [-0.4, -0.2) is 30.9 Å². The number of ether oxygens (including phenoxy) is 1. The zero-order valence-corrected chi connectivity index (χ0v) is 12.4. The average molecular weight is 316 g/mol. The summed E-state index contributed by atoms with van der Waals surface area (Å²) in [7, 11) is 0. The maximum atomic E-state index is 9.72. The Hall–Kier alpha value is -0.580. The van der Waals surface area contributed by atoms with E-state index in [0.717, 1.165) is 23.2 Å². The molecule has 3 nitrogen and oxygen atoms in total. The van der Waals surface area contributed by atoms with Crippen LogP contribution in [0.3, 0.4) is 0 Å². The van der Waals surface area contributed by atoms with Gasteiger partial charge in [-0.2, -0.15) is 0 Å². The molecule has 0 aliphatic carbocycles. The topological polar surface area (TPSA) is 41.5 Å². The lowest BCUT2D eigenvalue weighted by Gasteiger charge is -2.13. The van der Waals surface area contributed by atoms with Gasteiger partial charge in [0.05, 0.1) is 0 Å². The van der Waals surface area contributed by atoms with E-state index in [-0.39, 0.29) is 0 Å². The van der Waals surface area contributed by atoms with Crippen LogP contribution in [0.5, 0.6) is 5.75 Å². The maximum Gasteiger partial charge on any atom is 0.119 e. The SMILES string of the molecule is CCCCCNCC(O)COc1ccc(Br)cc1. The Morgan fingerprint density at radius 3 is 2.67 bits per heavy atom. The molecule has 0 heterocycles. The standard InChI is InChI=1S/C14H22BrNO2/c1-2-3-4-9-16-10-13(17)11-18-14-7-5-12(15)6-8-14/h5-8,13,16-17H,2-4,9-11H2,1H3. The Morgan fingerprint density at radius 1 is 1.28 bits per heavy atom. The first-order valence-electron chi connectivity index (χ1n) is 6.49.